The van der Waals surface area contributed by atoms with E-state index in [9.17, 15) is 19.8 Å². The molecular weight excluding hydrogens is 542 g/mol. The van der Waals surface area contributed by atoms with E-state index in [1.54, 1.807) is 27.7 Å². The summed E-state index contributed by atoms with van der Waals surface area (Å²) in [6.45, 7) is 7.66. The number of hydrogen-bond acceptors (Lipinski definition) is 9. The molecule has 1 saturated heterocycles. The Kier molecular flexibility index (Phi) is 10.6. The zero-order valence-corrected chi connectivity index (χ0v) is 24.7. The number of benzene rings is 2. The van der Waals surface area contributed by atoms with Crippen LogP contribution >= 0.6 is 0 Å². The van der Waals surface area contributed by atoms with E-state index in [-0.39, 0.29) is 32.7 Å². The number of fused-ring (bicyclic) bond motifs is 1. The van der Waals surface area contributed by atoms with E-state index in [1.165, 1.54) is 0 Å². The smallest absolute Gasteiger partial charge is 0.407 e. The first-order valence-electron chi connectivity index (χ1n) is 14.5. The molecule has 230 valence electrons. The van der Waals surface area contributed by atoms with Crippen LogP contribution in [0.5, 0.6) is 0 Å². The van der Waals surface area contributed by atoms with Gasteiger partial charge in [0.1, 0.15) is 23.4 Å². The Morgan fingerprint density at radius 1 is 1.02 bits per heavy atom. The molecule has 0 aromatic heterocycles. The predicted octanol–water partition coefficient (Wildman–Crippen LogP) is 3.51. The second-order valence-corrected chi connectivity index (χ2v) is 11.9. The summed E-state index contributed by atoms with van der Waals surface area (Å²) in [5.41, 5.74) is -0.718. The minimum Gasteiger partial charge on any atom is -0.466 e. The Morgan fingerprint density at radius 2 is 1.64 bits per heavy atom. The van der Waals surface area contributed by atoms with Gasteiger partial charge in [0.05, 0.1) is 50.6 Å². The molecule has 1 aliphatic heterocycles. The zero-order valence-electron chi connectivity index (χ0n) is 24.7. The number of rotatable bonds is 10. The van der Waals surface area contributed by atoms with Crippen molar-refractivity contribution in [2.45, 2.75) is 95.4 Å². The van der Waals surface area contributed by atoms with Crippen LogP contribution in [0.3, 0.4) is 0 Å². The third-order valence-electron chi connectivity index (χ3n) is 7.54. The van der Waals surface area contributed by atoms with Crippen LogP contribution in [0.4, 0.5) is 4.79 Å². The lowest BCUT2D eigenvalue weighted by Crippen LogP contribution is -2.73. The van der Waals surface area contributed by atoms with Gasteiger partial charge in [0.25, 0.3) is 0 Å². The van der Waals surface area contributed by atoms with Gasteiger partial charge in [-0.3, -0.25) is 4.79 Å². The fraction of sp³-hybridized carbons (Fsp3) is 0.562. The van der Waals surface area contributed by atoms with Gasteiger partial charge in [-0.2, -0.15) is 0 Å². The highest BCUT2D eigenvalue weighted by molar-refractivity contribution is 5.76. The summed E-state index contributed by atoms with van der Waals surface area (Å²) >= 11 is 0. The Hall–Kier alpha value is -3.02. The molecule has 2 aliphatic rings. The Morgan fingerprint density at radius 3 is 2.24 bits per heavy atom. The van der Waals surface area contributed by atoms with Gasteiger partial charge in [-0.25, -0.2) is 4.79 Å². The predicted molar refractivity (Wildman–Crippen MR) is 153 cm³/mol. The number of ether oxygens (including phenoxy) is 5. The SMILES string of the molecule is CCOC(=O)[C@@H]1C[C@H](O)[C@@]2(O)C[C@H](OCc3ccccc3)[C@@H](COCc3ccccc3)O[C@H]2[C@H]1NC(=O)OC(C)(C)C. The lowest BCUT2D eigenvalue weighted by molar-refractivity contribution is -0.287. The summed E-state index contributed by atoms with van der Waals surface area (Å²) in [5, 5.41) is 25.9. The maximum Gasteiger partial charge on any atom is 0.407 e. The van der Waals surface area contributed by atoms with Gasteiger partial charge >= 0.3 is 12.1 Å². The van der Waals surface area contributed by atoms with E-state index in [1.807, 2.05) is 60.7 Å². The van der Waals surface area contributed by atoms with Crippen LogP contribution in [0.1, 0.15) is 51.7 Å². The largest absolute Gasteiger partial charge is 0.466 e. The average molecular weight is 586 g/mol. The molecule has 1 amide bonds. The number of amides is 1. The lowest BCUT2D eigenvalue weighted by atomic mass is 9.67. The molecule has 4 rings (SSSR count). The summed E-state index contributed by atoms with van der Waals surface area (Å²) < 4.78 is 29.5. The Bertz CT molecular complexity index is 1160. The molecule has 10 nitrogen and oxygen atoms in total. The van der Waals surface area contributed by atoms with Gasteiger partial charge in [0, 0.05) is 6.42 Å². The van der Waals surface area contributed by atoms with E-state index >= 15 is 0 Å². The molecule has 0 bridgehead atoms. The summed E-state index contributed by atoms with van der Waals surface area (Å²) in [6, 6.07) is 18.2. The van der Waals surface area contributed by atoms with Crippen molar-refractivity contribution in [3.05, 3.63) is 71.8 Å². The number of carbonyl (C=O) groups is 2. The number of carbonyl (C=O) groups excluding carboxylic acids is 2. The Labute approximate surface area is 247 Å². The number of esters is 1. The van der Waals surface area contributed by atoms with E-state index in [0.29, 0.717) is 6.61 Å². The molecular formula is C32H43NO9. The number of aliphatic hydroxyl groups is 2. The lowest BCUT2D eigenvalue weighted by Gasteiger charge is -2.55. The quantitative estimate of drug-likeness (QED) is 0.358. The number of nitrogens with one attached hydrogen (secondary N) is 1. The Balaban J connectivity index is 1.60. The van der Waals surface area contributed by atoms with Crippen LogP contribution in [-0.4, -0.2) is 77.1 Å². The highest BCUT2D eigenvalue weighted by atomic mass is 16.6. The summed E-state index contributed by atoms with van der Waals surface area (Å²) in [5.74, 6) is -1.59. The van der Waals surface area contributed by atoms with Crippen molar-refractivity contribution in [1.82, 2.24) is 5.32 Å². The number of aliphatic hydroxyl groups excluding tert-OH is 1. The molecule has 3 N–H and O–H groups in total. The van der Waals surface area contributed by atoms with Crippen molar-refractivity contribution in [3.8, 4) is 0 Å². The molecule has 0 unspecified atom stereocenters. The van der Waals surface area contributed by atoms with Crippen LogP contribution in [-0.2, 0) is 41.7 Å². The van der Waals surface area contributed by atoms with Gasteiger partial charge in [0.15, 0.2) is 0 Å². The first-order valence-corrected chi connectivity index (χ1v) is 14.5. The molecule has 2 aromatic carbocycles. The topological polar surface area (TPSA) is 133 Å². The van der Waals surface area contributed by atoms with Crippen molar-refractivity contribution in [1.29, 1.82) is 0 Å². The van der Waals surface area contributed by atoms with Crippen LogP contribution in [0.25, 0.3) is 0 Å². The van der Waals surface area contributed by atoms with Gasteiger partial charge in [-0.05, 0) is 45.2 Å². The van der Waals surface area contributed by atoms with Crippen LogP contribution in [0.15, 0.2) is 60.7 Å². The fourth-order valence-corrected chi connectivity index (χ4v) is 5.56. The molecule has 0 spiro atoms. The van der Waals surface area contributed by atoms with Crippen molar-refractivity contribution in [3.63, 3.8) is 0 Å². The van der Waals surface area contributed by atoms with Gasteiger partial charge in [0.2, 0.25) is 0 Å². The molecule has 1 saturated carbocycles. The van der Waals surface area contributed by atoms with Gasteiger partial charge in [-0.15, -0.1) is 0 Å². The second kappa shape index (κ2) is 14.0. The molecule has 7 atom stereocenters. The molecule has 1 heterocycles. The fourth-order valence-electron chi connectivity index (χ4n) is 5.56. The van der Waals surface area contributed by atoms with E-state index in [4.69, 9.17) is 23.7 Å². The summed E-state index contributed by atoms with van der Waals surface area (Å²) in [7, 11) is 0. The molecule has 2 fully saturated rings. The van der Waals surface area contributed by atoms with Crippen molar-refractivity contribution in [2.75, 3.05) is 13.2 Å². The highest BCUT2D eigenvalue weighted by Crippen LogP contribution is 2.44. The minimum atomic E-state index is -1.83. The molecule has 42 heavy (non-hydrogen) atoms. The molecule has 1 aliphatic carbocycles. The van der Waals surface area contributed by atoms with E-state index in [2.05, 4.69) is 5.32 Å². The maximum absolute atomic E-state index is 13.0. The standard InChI is InChI=1S/C32H43NO9/c1-5-39-29(35)23-16-26(34)32(37)17-24(40-19-22-14-10-7-11-15-22)25(20-38-18-21-12-8-6-9-13-21)41-28(32)27(23)33-30(36)42-31(2,3)4/h6-15,23-28,34,37H,5,16-20H2,1-4H3,(H,33,36)/t23-,24+,25-,26+,27+,28+,32+/m1/s1. The first kappa shape index (κ1) is 31.9. The highest BCUT2D eigenvalue weighted by Gasteiger charge is 2.61. The number of alkyl carbamates (subject to hydrolysis) is 1. The van der Waals surface area contributed by atoms with Crippen LogP contribution in [0, 0.1) is 5.92 Å². The summed E-state index contributed by atoms with van der Waals surface area (Å²) in [6.07, 6.45) is -4.78. The third kappa shape index (κ3) is 8.08. The van der Waals surface area contributed by atoms with Crippen LogP contribution < -0.4 is 5.32 Å². The van der Waals surface area contributed by atoms with Crippen LogP contribution in [0.2, 0.25) is 0 Å². The molecule has 0 radical (unpaired) electrons. The number of hydrogen-bond donors (Lipinski definition) is 3. The maximum atomic E-state index is 13.0. The van der Waals surface area contributed by atoms with Crippen molar-refractivity contribution in [2.24, 2.45) is 5.92 Å². The third-order valence-corrected chi connectivity index (χ3v) is 7.54. The summed E-state index contributed by atoms with van der Waals surface area (Å²) in [4.78, 5) is 25.9. The minimum absolute atomic E-state index is 0.00687. The van der Waals surface area contributed by atoms with Gasteiger partial charge < -0.3 is 39.2 Å². The first-order chi connectivity index (χ1) is 20.0. The zero-order chi connectivity index (χ0) is 30.3. The molecule has 10 heteroatoms. The second-order valence-electron chi connectivity index (χ2n) is 11.9. The van der Waals surface area contributed by atoms with Gasteiger partial charge in [-0.1, -0.05) is 60.7 Å². The monoisotopic (exact) mass is 585 g/mol. The molecule has 2 aromatic rings. The van der Waals surface area contributed by atoms with Crippen molar-refractivity contribution < 1.29 is 43.5 Å². The van der Waals surface area contributed by atoms with E-state index < -0.39 is 59.6 Å². The van der Waals surface area contributed by atoms with Crippen molar-refractivity contribution >= 4 is 12.1 Å². The van der Waals surface area contributed by atoms with E-state index in [0.717, 1.165) is 11.1 Å². The normalized spacial score (nSPS) is 29.3. The average Bonchev–Trinajstić information content (AvgIpc) is 2.94.